The molecule has 0 unspecified atom stereocenters. The van der Waals surface area contributed by atoms with Crippen molar-refractivity contribution in [2.24, 2.45) is 0 Å². The number of benzene rings is 1. The molecular weight excluding hydrogens is 264 g/mol. The Bertz CT molecular complexity index is 617. The van der Waals surface area contributed by atoms with Gasteiger partial charge in [0.2, 0.25) is 0 Å². The summed E-state index contributed by atoms with van der Waals surface area (Å²) >= 11 is 0. The van der Waals surface area contributed by atoms with Crippen molar-refractivity contribution in [1.29, 1.82) is 0 Å². The minimum Gasteiger partial charge on any atom is -0.484 e. The third kappa shape index (κ3) is 4.67. The average Bonchev–Trinajstić information content (AvgIpc) is 2.75. The zero-order chi connectivity index (χ0) is 15.2. The Labute approximate surface area is 125 Å². The van der Waals surface area contributed by atoms with Crippen LogP contribution in [-0.2, 0) is 11.2 Å². The molecule has 0 atom stereocenters. The van der Waals surface area contributed by atoms with Gasteiger partial charge in [0.15, 0.2) is 6.61 Å². The molecule has 0 radical (unpaired) electrons. The molecule has 0 saturated carbocycles. The van der Waals surface area contributed by atoms with E-state index in [1.54, 1.807) is 0 Å². The number of ether oxygens (including phenoxy) is 1. The molecule has 0 spiro atoms. The van der Waals surface area contributed by atoms with Crippen molar-refractivity contribution < 1.29 is 9.53 Å². The van der Waals surface area contributed by atoms with E-state index in [2.05, 4.69) is 16.4 Å². The molecule has 21 heavy (non-hydrogen) atoms. The normalized spacial score (nSPS) is 10.4. The number of amides is 1. The zero-order valence-corrected chi connectivity index (χ0v) is 12.8. The fourth-order valence-corrected chi connectivity index (χ4v) is 2.28. The van der Waals surface area contributed by atoms with E-state index in [0.717, 1.165) is 29.1 Å². The van der Waals surface area contributed by atoms with Gasteiger partial charge in [-0.15, -0.1) is 0 Å². The van der Waals surface area contributed by atoms with Crippen molar-refractivity contribution in [1.82, 2.24) is 10.3 Å². The number of aryl methyl sites for hydroxylation is 3. The van der Waals surface area contributed by atoms with E-state index in [1.165, 1.54) is 5.56 Å². The Balaban J connectivity index is 1.71. The van der Waals surface area contributed by atoms with E-state index in [-0.39, 0.29) is 12.5 Å². The summed E-state index contributed by atoms with van der Waals surface area (Å²) in [5.74, 6) is 0.628. The van der Waals surface area contributed by atoms with Gasteiger partial charge >= 0.3 is 0 Å². The van der Waals surface area contributed by atoms with Crippen LogP contribution in [0.2, 0.25) is 0 Å². The van der Waals surface area contributed by atoms with Gasteiger partial charge in [-0.2, -0.15) is 0 Å². The topological polar surface area (TPSA) is 54.1 Å². The van der Waals surface area contributed by atoms with E-state index < -0.39 is 0 Å². The molecule has 4 heteroatoms. The molecule has 0 aliphatic carbocycles. The van der Waals surface area contributed by atoms with Crippen LogP contribution in [0.1, 0.15) is 22.5 Å². The fraction of sp³-hybridized carbons (Fsp3) is 0.353. The van der Waals surface area contributed by atoms with E-state index in [1.807, 2.05) is 45.0 Å². The maximum atomic E-state index is 11.7. The predicted octanol–water partition coefficient (Wildman–Crippen LogP) is 2.68. The van der Waals surface area contributed by atoms with Gasteiger partial charge < -0.3 is 15.0 Å². The Morgan fingerprint density at radius 3 is 2.71 bits per heavy atom. The molecule has 2 aromatic rings. The summed E-state index contributed by atoms with van der Waals surface area (Å²) in [4.78, 5) is 15.0. The average molecular weight is 286 g/mol. The Kier molecular flexibility index (Phi) is 5.04. The van der Waals surface area contributed by atoms with Crippen LogP contribution in [0.5, 0.6) is 5.75 Å². The summed E-state index contributed by atoms with van der Waals surface area (Å²) in [6, 6.07) is 9.80. The lowest BCUT2D eigenvalue weighted by atomic mass is 10.2. The quantitative estimate of drug-likeness (QED) is 0.858. The van der Waals surface area contributed by atoms with Gasteiger partial charge in [0.05, 0.1) is 0 Å². The maximum Gasteiger partial charge on any atom is 0.257 e. The first kappa shape index (κ1) is 15.2. The molecule has 1 aromatic carbocycles. The molecular formula is C17H22N2O2. The first-order valence-electron chi connectivity index (χ1n) is 7.16. The third-order valence-corrected chi connectivity index (χ3v) is 3.33. The lowest BCUT2D eigenvalue weighted by Gasteiger charge is -2.08. The molecule has 1 heterocycles. The zero-order valence-electron chi connectivity index (χ0n) is 12.8. The fourth-order valence-electron chi connectivity index (χ4n) is 2.28. The second-order valence-corrected chi connectivity index (χ2v) is 5.31. The van der Waals surface area contributed by atoms with Crippen LogP contribution in [0.3, 0.4) is 0 Å². The first-order valence-corrected chi connectivity index (χ1v) is 7.16. The summed E-state index contributed by atoms with van der Waals surface area (Å²) in [5.41, 5.74) is 4.67. The van der Waals surface area contributed by atoms with Gasteiger partial charge in [-0.3, -0.25) is 4.79 Å². The lowest BCUT2D eigenvalue weighted by molar-refractivity contribution is -0.123. The first-order chi connectivity index (χ1) is 10.0. The number of rotatable bonds is 6. The van der Waals surface area contributed by atoms with Crippen LogP contribution in [0.15, 0.2) is 30.3 Å². The second kappa shape index (κ2) is 6.97. The molecule has 0 saturated heterocycles. The minimum atomic E-state index is -0.0959. The molecule has 0 aliphatic rings. The van der Waals surface area contributed by atoms with Gasteiger partial charge in [0.1, 0.15) is 5.75 Å². The van der Waals surface area contributed by atoms with Crippen molar-refractivity contribution in [3.63, 3.8) is 0 Å². The number of nitrogens with one attached hydrogen (secondary N) is 2. The SMILES string of the molecule is Cc1cccc(OCC(=O)NCCc2cc(C)[nH]c2C)c1. The van der Waals surface area contributed by atoms with Crippen molar-refractivity contribution in [3.05, 3.63) is 52.8 Å². The molecule has 0 fully saturated rings. The van der Waals surface area contributed by atoms with Gasteiger partial charge in [0.25, 0.3) is 5.91 Å². The molecule has 2 rings (SSSR count). The van der Waals surface area contributed by atoms with Crippen LogP contribution in [0.4, 0.5) is 0 Å². The van der Waals surface area contributed by atoms with Crippen LogP contribution in [0.25, 0.3) is 0 Å². The number of hydrogen-bond acceptors (Lipinski definition) is 2. The van der Waals surface area contributed by atoms with Gasteiger partial charge in [-0.1, -0.05) is 12.1 Å². The van der Waals surface area contributed by atoms with E-state index in [4.69, 9.17) is 4.74 Å². The number of H-pyrrole nitrogens is 1. The largest absolute Gasteiger partial charge is 0.484 e. The molecule has 0 bridgehead atoms. The number of carbonyl (C=O) groups is 1. The van der Waals surface area contributed by atoms with E-state index in [0.29, 0.717) is 6.54 Å². The lowest BCUT2D eigenvalue weighted by Crippen LogP contribution is -2.30. The summed E-state index contributed by atoms with van der Waals surface area (Å²) in [5, 5.41) is 2.87. The minimum absolute atomic E-state index is 0.0502. The predicted molar refractivity (Wildman–Crippen MR) is 83.7 cm³/mol. The van der Waals surface area contributed by atoms with Crippen molar-refractivity contribution in [2.75, 3.05) is 13.2 Å². The summed E-state index contributed by atoms with van der Waals surface area (Å²) in [6.45, 7) is 6.74. The highest BCUT2D eigenvalue weighted by atomic mass is 16.5. The summed E-state index contributed by atoms with van der Waals surface area (Å²) in [6.07, 6.45) is 0.826. The number of hydrogen-bond donors (Lipinski definition) is 2. The van der Waals surface area contributed by atoms with E-state index in [9.17, 15) is 4.79 Å². The highest BCUT2D eigenvalue weighted by molar-refractivity contribution is 5.77. The maximum absolute atomic E-state index is 11.7. The van der Waals surface area contributed by atoms with Crippen LogP contribution in [0, 0.1) is 20.8 Å². The van der Waals surface area contributed by atoms with Crippen LogP contribution < -0.4 is 10.1 Å². The van der Waals surface area contributed by atoms with E-state index >= 15 is 0 Å². The van der Waals surface area contributed by atoms with Gasteiger partial charge in [-0.05, 0) is 56.5 Å². The smallest absolute Gasteiger partial charge is 0.257 e. The molecule has 1 amide bonds. The third-order valence-electron chi connectivity index (χ3n) is 3.33. The molecule has 2 N–H and O–H groups in total. The summed E-state index contributed by atoms with van der Waals surface area (Å²) < 4.78 is 5.46. The Morgan fingerprint density at radius 2 is 2.05 bits per heavy atom. The molecule has 0 aliphatic heterocycles. The Hall–Kier alpha value is -2.23. The highest BCUT2D eigenvalue weighted by Gasteiger charge is 2.05. The van der Waals surface area contributed by atoms with Gasteiger partial charge in [0, 0.05) is 17.9 Å². The van der Waals surface area contributed by atoms with Crippen molar-refractivity contribution in [2.45, 2.75) is 27.2 Å². The number of carbonyl (C=O) groups excluding carboxylic acids is 1. The van der Waals surface area contributed by atoms with Gasteiger partial charge in [-0.25, -0.2) is 0 Å². The second-order valence-electron chi connectivity index (χ2n) is 5.31. The highest BCUT2D eigenvalue weighted by Crippen LogP contribution is 2.12. The van der Waals surface area contributed by atoms with Crippen LogP contribution in [-0.4, -0.2) is 24.0 Å². The van der Waals surface area contributed by atoms with Crippen molar-refractivity contribution in [3.8, 4) is 5.75 Å². The van der Waals surface area contributed by atoms with Crippen LogP contribution >= 0.6 is 0 Å². The number of aromatic nitrogens is 1. The molecule has 4 nitrogen and oxygen atoms in total. The molecule has 112 valence electrons. The monoisotopic (exact) mass is 286 g/mol. The standard InChI is InChI=1S/C17H22N2O2/c1-12-5-4-6-16(9-12)21-11-17(20)18-8-7-15-10-13(2)19-14(15)3/h4-6,9-10,19H,7-8,11H2,1-3H3,(H,18,20). The van der Waals surface area contributed by atoms with Crippen molar-refractivity contribution >= 4 is 5.91 Å². The number of aromatic amines is 1. The summed E-state index contributed by atoms with van der Waals surface area (Å²) in [7, 11) is 0. The molecule has 1 aromatic heterocycles. The Morgan fingerprint density at radius 1 is 1.24 bits per heavy atom.